The van der Waals surface area contributed by atoms with Crippen molar-refractivity contribution in [3.63, 3.8) is 0 Å². The molecule has 0 spiro atoms. The van der Waals surface area contributed by atoms with Gasteiger partial charge in [-0.25, -0.2) is 19.3 Å². The summed E-state index contributed by atoms with van der Waals surface area (Å²) in [6.45, 7) is 10.8. The minimum absolute atomic E-state index is 0.0107. The van der Waals surface area contributed by atoms with Gasteiger partial charge in [-0.15, -0.1) is 0 Å². The largest absolute Gasteiger partial charge is 0.396 e. The summed E-state index contributed by atoms with van der Waals surface area (Å²) in [5, 5.41) is 39.4. The maximum absolute atomic E-state index is 11.5. The first-order valence-electron chi connectivity index (χ1n) is 24.5. The topological polar surface area (TPSA) is 238 Å². The van der Waals surface area contributed by atoms with E-state index in [0.717, 1.165) is 65.3 Å². The number of nitrogens with one attached hydrogen (secondary N) is 4. The van der Waals surface area contributed by atoms with Crippen molar-refractivity contribution in [2.75, 3.05) is 52.8 Å². The molecule has 0 saturated carbocycles. The van der Waals surface area contributed by atoms with Crippen LogP contribution in [0.15, 0.2) is 104 Å². The molecule has 366 valence electrons. The number of hydrogen-bond donors (Lipinski definition) is 6. The molecule has 0 radical (unpaired) electrons. The van der Waals surface area contributed by atoms with Gasteiger partial charge in [-0.2, -0.15) is 35.2 Å². The number of nitrogen functional groups attached to an aromatic ring is 1. The highest BCUT2D eigenvalue weighted by Crippen LogP contribution is 2.32. The summed E-state index contributed by atoms with van der Waals surface area (Å²) in [4.78, 5) is 32.2. The minimum Gasteiger partial charge on any atom is -0.396 e. The molecule has 2 fully saturated rings. The number of fused-ring (bicyclic) bond motifs is 2. The van der Waals surface area contributed by atoms with E-state index in [-0.39, 0.29) is 18.1 Å². The number of aromatic nitrogens is 14. The van der Waals surface area contributed by atoms with E-state index in [4.69, 9.17) is 35.6 Å². The van der Waals surface area contributed by atoms with E-state index in [1.54, 1.807) is 29.5 Å². The van der Waals surface area contributed by atoms with Crippen molar-refractivity contribution < 1.29 is 5.11 Å². The number of benzene rings is 2. The van der Waals surface area contributed by atoms with Crippen LogP contribution in [-0.4, -0.2) is 111 Å². The number of aliphatic hydroxyl groups is 1. The predicted octanol–water partition coefficient (Wildman–Crippen LogP) is 5.92. The molecule has 2 saturated heterocycles. The zero-order chi connectivity index (χ0) is 48.5. The average molecular weight is 957 g/mol. The second-order valence-corrected chi connectivity index (χ2v) is 19.1. The third-order valence-corrected chi connectivity index (χ3v) is 13.7. The Morgan fingerprint density at radius 2 is 1.45 bits per heavy atom. The first kappa shape index (κ1) is 45.5. The lowest BCUT2D eigenvalue weighted by Gasteiger charge is -2.38. The Balaban J connectivity index is 0.847. The van der Waals surface area contributed by atoms with Crippen molar-refractivity contribution in [1.82, 2.24) is 73.7 Å². The summed E-state index contributed by atoms with van der Waals surface area (Å²) in [5.41, 5.74) is 13.7. The van der Waals surface area contributed by atoms with E-state index >= 15 is 0 Å². The number of para-hydroxylation sites is 1. The Kier molecular flexibility index (Phi) is 12.5. The maximum Gasteiger partial charge on any atom is 0.229 e. The molecule has 9 heterocycles. The first-order chi connectivity index (χ1) is 34.6. The van der Waals surface area contributed by atoms with Crippen LogP contribution in [0.3, 0.4) is 0 Å². The Morgan fingerprint density at radius 1 is 0.775 bits per heavy atom. The monoisotopic (exact) mass is 957 g/mol. The van der Waals surface area contributed by atoms with E-state index in [9.17, 15) is 5.11 Å². The summed E-state index contributed by atoms with van der Waals surface area (Å²) in [6, 6.07) is 19.0. The Bertz CT molecular complexity index is 3230. The van der Waals surface area contributed by atoms with Crippen molar-refractivity contribution in [1.29, 1.82) is 0 Å². The van der Waals surface area contributed by atoms with Crippen LogP contribution >= 0.6 is 0 Å². The van der Waals surface area contributed by atoms with Gasteiger partial charge in [0.15, 0.2) is 34.0 Å². The van der Waals surface area contributed by atoms with Crippen LogP contribution in [0.2, 0.25) is 0 Å². The third-order valence-electron chi connectivity index (χ3n) is 13.7. The third kappa shape index (κ3) is 9.69. The first-order valence-corrected chi connectivity index (χ1v) is 24.5. The minimum atomic E-state index is -0.919. The summed E-state index contributed by atoms with van der Waals surface area (Å²) in [6.07, 6.45) is 18.3. The lowest BCUT2D eigenvalue weighted by molar-refractivity contribution is -0.00320. The van der Waals surface area contributed by atoms with Gasteiger partial charge in [0.1, 0.15) is 0 Å². The number of anilines is 5. The molecule has 71 heavy (non-hydrogen) atoms. The lowest BCUT2D eigenvalue weighted by Crippen LogP contribution is -2.47. The lowest BCUT2D eigenvalue weighted by atomic mass is 9.91. The highest BCUT2D eigenvalue weighted by atomic mass is 16.3. The number of imidazole rings is 2. The van der Waals surface area contributed by atoms with Gasteiger partial charge in [0.25, 0.3) is 0 Å². The number of piperidine rings is 2. The quantitative estimate of drug-likeness (QED) is 0.0621. The van der Waals surface area contributed by atoms with Gasteiger partial charge in [0, 0.05) is 75.3 Å². The molecule has 2 aliphatic heterocycles. The fraction of sp³-hybridized carbons (Fsp3) is 0.380. The molecule has 1 unspecified atom stereocenters. The number of hydrogen-bond acceptors (Lipinski definition) is 16. The number of nitrogens with two attached hydrogens (primary N) is 1. The molecular weight excluding hydrogens is 897 g/mol. The van der Waals surface area contributed by atoms with Gasteiger partial charge in [0.05, 0.1) is 48.1 Å². The number of nitrogens with zero attached hydrogens (tertiary/aromatic N) is 15. The normalized spacial score (nSPS) is 15.8. The molecule has 2 aliphatic rings. The second kappa shape index (κ2) is 19.5. The second-order valence-electron chi connectivity index (χ2n) is 19.1. The van der Waals surface area contributed by atoms with E-state index in [1.807, 2.05) is 58.7 Å². The molecule has 9 aromatic rings. The van der Waals surface area contributed by atoms with E-state index in [1.165, 1.54) is 0 Å². The fourth-order valence-electron chi connectivity index (χ4n) is 9.77. The molecule has 7 N–H and O–H groups in total. The molecule has 11 rings (SSSR count). The van der Waals surface area contributed by atoms with Crippen LogP contribution in [0.25, 0.3) is 33.7 Å². The molecule has 0 bridgehead atoms. The van der Waals surface area contributed by atoms with E-state index < -0.39 is 5.60 Å². The van der Waals surface area contributed by atoms with Crippen LogP contribution in [0, 0.1) is 0 Å². The molecule has 7 aromatic heterocycles. The summed E-state index contributed by atoms with van der Waals surface area (Å²) < 4.78 is 9.73. The van der Waals surface area contributed by atoms with Crippen LogP contribution in [0.5, 0.6) is 0 Å². The molecule has 21 nitrogen and oxygen atoms in total. The Morgan fingerprint density at radius 3 is 2.14 bits per heavy atom. The van der Waals surface area contributed by atoms with Crippen molar-refractivity contribution in [2.45, 2.75) is 96.2 Å². The molecule has 21 heteroatoms. The van der Waals surface area contributed by atoms with Gasteiger partial charge in [0.2, 0.25) is 11.9 Å². The van der Waals surface area contributed by atoms with Gasteiger partial charge in [-0.3, -0.25) is 4.68 Å². The van der Waals surface area contributed by atoms with Gasteiger partial charge in [-0.1, -0.05) is 30.3 Å². The zero-order valence-electron chi connectivity index (χ0n) is 40.3. The van der Waals surface area contributed by atoms with Crippen molar-refractivity contribution >= 4 is 51.5 Å². The maximum atomic E-state index is 11.5. The molecule has 0 amide bonds. The van der Waals surface area contributed by atoms with Gasteiger partial charge < -0.3 is 46.1 Å². The van der Waals surface area contributed by atoms with E-state index in [0.29, 0.717) is 92.2 Å². The van der Waals surface area contributed by atoms with Crippen molar-refractivity contribution in [3.8, 4) is 11.4 Å². The Labute approximate surface area is 410 Å². The highest BCUT2D eigenvalue weighted by Gasteiger charge is 2.34. The van der Waals surface area contributed by atoms with Crippen molar-refractivity contribution in [2.24, 2.45) is 0 Å². The van der Waals surface area contributed by atoms with Crippen LogP contribution in [0.1, 0.15) is 75.2 Å². The summed E-state index contributed by atoms with van der Waals surface area (Å²) >= 11 is 0. The van der Waals surface area contributed by atoms with Crippen LogP contribution < -0.4 is 31.9 Å². The summed E-state index contributed by atoms with van der Waals surface area (Å²) in [5.74, 6) is 2.49. The molecular formula is C50H60N20O. The Hall–Kier alpha value is -7.91. The van der Waals surface area contributed by atoms with Gasteiger partial charge >= 0.3 is 0 Å². The molecule has 0 aliphatic carbocycles. The fourth-order valence-corrected chi connectivity index (χ4v) is 9.77. The predicted molar refractivity (Wildman–Crippen MR) is 274 cm³/mol. The van der Waals surface area contributed by atoms with Crippen molar-refractivity contribution in [3.05, 3.63) is 121 Å². The highest BCUT2D eigenvalue weighted by molar-refractivity contribution is 5.85. The summed E-state index contributed by atoms with van der Waals surface area (Å²) in [7, 11) is 0. The van der Waals surface area contributed by atoms with Crippen LogP contribution in [-0.2, 0) is 26.1 Å². The van der Waals surface area contributed by atoms with Gasteiger partial charge in [-0.05, 0) is 107 Å². The average Bonchev–Trinajstić information content (AvgIpc) is 4.25. The number of rotatable bonds is 17. The smallest absolute Gasteiger partial charge is 0.229 e. The van der Waals surface area contributed by atoms with E-state index in [2.05, 4.69) is 102 Å². The SMILES string of the molecule is CC(C)n1cnc2c(NCc3ccc(CC(C)n4cnc5c(NCc6ccccc6-n6cccn6)nc(NC6CCNCC6)nc54)cc3-n3cccn3)nc(N3CCC(O)(Cn4cc(N)cn4)CC3)nc21. The van der Waals surface area contributed by atoms with Crippen LogP contribution in [0.4, 0.5) is 29.2 Å². The molecule has 1 atom stereocenters. The standard InChI is InChI=1S/C50H60N20O/c1-33(2)67-31-55-43-45(62-49(64-47(43)67)65-22-14-50(71,15-23-65)30-66-29-38(51)28-59-66)54-27-37-11-10-35(25-41(37)70-21-7-17-58-70)24-34(3)68-32-56-42-44(61-48(63-46(42)68)60-39-12-18-52-19-13-39)53-26-36-8-4-5-9-40(36)69-20-6-16-57-69/h4-11,16-17,20-21,25,28-29,31-34,39,52,71H,12-15,18-19,22-24,26-27,30,51H2,1-3H3,(H,54,62,64)(H2,53,60,61,63). The molecule has 2 aromatic carbocycles. The zero-order valence-corrected chi connectivity index (χ0v) is 40.3.